The Balaban J connectivity index is 1.69. The SMILES string of the molecule is COc1ccc(CO[C@H]2[C@@H]([C@H](O)CO)OC3OC(C)(C)O[C@@H]32)cc1. The van der Waals surface area contributed by atoms with Crippen LogP contribution in [0.5, 0.6) is 5.75 Å². The summed E-state index contributed by atoms with van der Waals surface area (Å²) in [6, 6.07) is 7.51. The lowest BCUT2D eigenvalue weighted by molar-refractivity contribution is -0.232. The van der Waals surface area contributed by atoms with Gasteiger partial charge in [-0.05, 0) is 31.5 Å². The monoisotopic (exact) mass is 340 g/mol. The fourth-order valence-corrected chi connectivity index (χ4v) is 3.02. The number of fused-ring (bicyclic) bond motifs is 1. The maximum atomic E-state index is 10.00. The fraction of sp³-hybridized carbons (Fsp3) is 0.647. The molecular formula is C17H24O7. The van der Waals surface area contributed by atoms with Crippen LogP contribution in [0.2, 0.25) is 0 Å². The Morgan fingerprint density at radius 3 is 2.54 bits per heavy atom. The van der Waals surface area contributed by atoms with Gasteiger partial charge in [0.25, 0.3) is 0 Å². The van der Waals surface area contributed by atoms with Crippen LogP contribution in [-0.2, 0) is 25.6 Å². The number of rotatable bonds is 6. The van der Waals surface area contributed by atoms with E-state index in [1.54, 1.807) is 21.0 Å². The van der Waals surface area contributed by atoms with Crippen molar-refractivity contribution < 1.29 is 33.9 Å². The number of methoxy groups -OCH3 is 1. The topological polar surface area (TPSA) is 86.6 Å². The van der Waals surface area contributed by atoms with Crippen LogP contribution in [0.4, 0.5) is 0 Å². The van der Waals surface area contributed by atoms with E-state index in [0.717, 1.165) is 11.3 Å². The molecule has 7 heteroatoms. The minimum atomic E-state index is -1.06. The third-order valence-electron chi connectivity index (χ3n) is 4.19. The molecule has 0 bridgehead atoms. The average molecular weight is 340 g/mol. The third kappa shape index (κ3) is 3.56. The van der Waals surface area contributed by atoms with Crippen LogP contribution in [0.25, 0.3) is 0 Å². The molecule has 2 aliphatic rings. The molecule has 0 radical (unpaired) electrons. The van der Waals surface area contributed by atoms with Gasteiger partial charge in [0.15, 0.2) is 12.1 Å². The van der Waals surface area contributed by atoms with Crippen molar-refractivity contribution in [3.05, 3.63) is 29.8 Å². The van der Waals surface area contributed by atoms with E-state index in [0.29, 0.717) is 6.61 Å². The zero-order chi connectivity index (χ0) is 17.3. The summed E-state index contributed by atoms with van der Waals surface area (Å²) in [6.07, 6.45) is -3.39. The van der Waals surface area contributed by atoms with Gasteiger partial charge in [0, 0.05) is 0 Å². The van der Waals surface area contributed by atoms with E-state index in [2.05, 4.69) is 0 Å². The molecule has 2 heterocycles. The number of hydrogen-bond acceptors (Lipinski definition) is 7. The van der Waals surface area contributed by atoms with Crippen LogP contribution < -0.4 is 4.74 Å². The number of benzene rings is 1. The average Bonchev–Trinajstić information content (AvgIpc) is 3.04. The standard InChI is InChI=1S/C17H24O7/c1-17(2)23-15-14(13(12(19)8-18)22-16(15)24-17)21-9-10-4-6-11(20-3)7-5-10/h4-7,12-16,18-19H,8-9H2,1-3H3/t12-,13-,14+,15-,16?/m1/s1. The Morgan fingerprint density at radius 2 is 1.92 bits per heavy atom. The predicted molar refractivity (Wildman–Crippen MR) is 83.4 cm³/mol. The highest BCUT2D eigenvalue weighted by atomic mass is 16.8. The highest BCUT2D eigenvalue weighted by Crippen LogP contribution is 2.39. The Labute approximate surface area is 141 Å². The maximum Gasteiger partial charge on any atom is 0.190 e. The first-order valence-electron chi connectivity index (χ1n) is 7.98. The summed E-state index contributed by atoms with van der Waals surface area (Å²) in [4.78, 5) is 0. The van der Waals surface area contributed by atoms with Crippen LogP contribution >= 0.6 is 0 Å². The van der Waals surface area contributed by atoms with E-state index in [1.165, 1.54) is 0 Å². The second-order valence-electron chi connectivity index (χ2n) is 6.44. The number of ether oxygens (including phenoxy) is 5. The quantitative estimate of drug-likeness (QED) is 0.792. The van der Waals surface area contributed by atoms with Crippen molar-refractivity contribution in [3.8, 4) is 5.75 Å². The van der Waals surface area contributed by atoms with Gasteiger partial charge in [0.2, 0.25) is 0 Å². The van der Waals surface area contributed by atoms with E-state index in [4.69, 9.17) is 23.7 Å². The van der Waals surface area contributed by atoms with Crippen molar-refractivity contribution in [3.63, 3.8) is 0 Å². The van der Waals surface area contributed by atoms with E-state index in [1.807, 2.05) is 24.3 Å². The smallest absolute Gasteiger partial charge is 0.190 e. The van der Waals surface area contributed by atoms with Crippen LogP contribution in [0, 0.1) is 0 Å². The highest BCUT2D eigenvalue weighted by Gasteiger charge is 2.56. The summed E-state index contributed by atoms with van der Waals surface area (Å²) in [6.45, 7) is 3.49. The first kappa shape index (κ1) is 17.6. The van der Waals surface area contributed by atoms with E-state index in [9.17, 15) is 10.2 Å². The fourth-order valence-electron chi connectivity index (χ4n) is 3.02. The van der Waals surface area contributed by atoms with Crippen molar-refractivity contribution >= 4 is 0 Å². The molecule has 1 aromatic rings. The van der Waals surface area contributed by atoms with Gasteiger partial charge in [-0.2, -0.15) is 0 Å². The minimum absolute atomic E-state index is 0.319. The van der Waals surface area contributed by atoms with Crippen molar-refractivity contribution in [2.45, 2.75) is 56.9 Å². The molecule has 2 fully saturated rings. The number of aliphatic hydroxyl groups excluding tert-OH is 2. The summed E-state index contributed by atoms with van der Waals surface area (Å²) in [5, 5.41) is 19.2. The molecule has 5 atom stereocenters. The predicted octanol–water partition coefficient (Wildman–Crippen LogP) is 0.810. The molecular weight excluding hydrogens is 316 g/mol. The maximum absolute atomic E-state index is 10.00. The number of aliphatic hydroxyl groups is 2. The van der Waals surface area contributed by atoms with Gasteiger partial charge in [0.05, 0.1) is 20.3 Å². The van der Waals surface area contributed by atoms with Gasteiger partial charge in [-0.3, -0.25) is 0 Å². The van der Waals surface area contributed by atoms with Crippen LogP contribution in [0.15, 0.2) is 24.3 Å². The lowest BCUT2D eigenvalue weighted by Gasteiger charge is -2.28. The second kappa shape index (κ2) is 6.95. The van der Waals surface area contributed by atoms with Crippen LogP contribution in [-0.4, -0.2) is 60.4 Å². The molecule has 0 amide bonds. The molecule has 134 valence electrons. The van der Waals surface area contributed by atoms with Gasteiger partial charge < -0.3 is 33.9 Å². The summed E-state index contributed by atoms with van der Waals surface area (Å²) in [7, 11) is 1.61. The zero-order valence-corrected chi connectivity index (χ0v) is 14.0. The van der Waals surface area contributed by atoms with Crippen molar-refractivity contribution in [2.75, 3.05) is 13.7 Å². The Kier molecular flexibility index (Phi) is 5.10. The summed E-state index contributed by atoms with van der Waals surface area (Å²) >= 11 is 0. The molecule has 2 aliphatic heterocycles. The molecule has 0 saturated carbocycles. The van der Waals surface area contributed by atoms with E-state index >= 15 is 0 Å². The van der Waals surface area contributed by atoms with Gasteiger partial charge in [-0.1, -0.05) is 12.1 Å². The first-order chi connectivity index (χ1) is 11.4. The second-order valence-corrected chi connectivity index (χ2v) is 6.44. The van der Waals surface area contributed by atoms with Crippen molar-refractivity contribution in [2.24, 2.45) is 0 Å². The molecule has 2 N–H and O–H groups in total. The van der Waals surface area contributed by atoms with Crippen molar-refractivity contribution in [1.29, 1.82) is 0 Å². The van der Waals surface area contributed by atoms with E-state index in [-0.39, 0.29) is 0 Å². The third-order valence-corrected chi connectivity index (χ3v) is 4.19. The Bertz CT molecular complexity index is 544. The van der Waals surface area contributed by atoms with Gasteiger partial charge in [0.1, 0.15) is 30.2 Å². The lowest BCUT2D eigenvalue weighted by Crippen LogP contribution is -2.44. The molecule has 3 rings (SSSR count). The van der Waals surface area contributed by atoms with Crippen LogP contribution in [0.1, 0.15) is 19.4 Å². The molecule has 0 spiro atoms. The summed E-state index contributed by atoms with van der Waals surface area (Å²) in [5.41, 5.74) is 0.953. The van der Waals surface area contributed by atoms with E-state index < -0.39 is 43.1 Å². The van der Waals surface area contributed by atoms with Crippen LogP contribution in [0.3, 0.4) is 0 Å². The summed E-state index contributed by atoms with van der Waals surface area (Å²) < 4.78 is 28.3. The molecule has 0 aliphatic carbocycles. The van der Waals surface area contributed by atoms with Crippen molar-refractivity contribution in [1.82, 2.24) is 0 Å². The molecule has 1 unspecified atom stereocenters. The molecule has 0 aromatic heterocycles. The van der Waals surface area contributed by atoms with Gasteiger partial charge >= 0.3 is 0 Å². The molecule has 24 heavy (non-hydrogen) atoms. The normalized spacial score (nSPS) is 32.5. The minimum Gasteiger partial charge on any atom is -0.497 e. The first-order valence-corrected chi connectivity index (χ1v) is 7.98. The van der Waals surface area contributed by atoms with Gasteiger partial charge in [-0.15, -0.1) is 0 Å². The Hall–Kier alpha value is -1.22. The lowest BCUT2D eigenvalue weighted by atomic mass is 10.1. The number of hydrogen-bond donors (Lipinski definition) is 2. The molecule has 1 aromatic carbocycles. The summed E-state index contributed by atoms with van der Waals surface area (Å²) in [5.74, 6) is -0.00231. The molecule has 7 nitrogen and oxygen atoms in total. The van der Waals surface area contributed by atoms with Gasteiger partial charge in [-0.25, -0.2) is 0 Å². The Morgan fingerprint density at radius 1 is 1.21 bits per heavy atom. The highest BCUT2D eigenvalue weighted by molar-refractivity contribution is 5.26. The largest absolute Gasteiger partial charge is 0.497 e. The molecule has 2 saturated heterocycles. The zero-order valence-electron chi connectivity index (χ0n) is 14.0.